The Morgan fingerprint density at radius 3 is 2.23 bits per heavy atom. The maximum Gasteiger partial charge on any atom is 0.253 e. The molecule has 158 valence electrons. The van der Waals surface area contributed by atoms with Crippen molar-refractivity contribution in [3.63, 3.8) is 0 Å². The lowest BCUT2D eigenvalue weighted by Crippen LogP contribution is -2.49. The summed E-state index contributed by atoms with van der Waals surface area (Å²) >= 11 is 0. The Morgan fingerprint density at radius 1 is 1.07 bits per heavy atom. The van der Waals surface area contributed by atoms with E-state index in [1.165, 1.54) is 5.57 Å². The quantitative estimate of drug-likeness (QED) is 0.692. The summed E-state index contributed by atoms with van der Waals surface area (Å²) in [5.74, 6) is -0.172. The molecular formula is C25H30N2O3. The third-order valence-corrected chi connectivity index (χ3v) is 7.17. The number of aromatic nitrogens is 1. The van der Waals surface area contributed by atoms with Crippen molar-refractivity contribution in [3.05, 3.63) is 52.9 Å². The lowest BCUT2D eigenvalue weighted by molar-refractivity contribution is -0.140. The van der Waals surface area contributed by atoms with Gasteiger partial charge in [0.05, 0.1) is 5.92 Å². The zero-order chi connectivity index (χ0) is 21.5. The van der Waals surface area contributed by atoms with E-state index in [0.717, 1.165) is 17.6 Å². The van der Waals surface area contributed by atoms with E-state index in [1.807, 2.05) is 11.8 Å². The summed E-state index contributed by atoms with van der Waals surface area (Å²) in [6.07, 6.45) is 8.61. The molecule has 1 saturated heterocycles. The van der Waals surface area contributed by atoms with Crippen molar-refractivity contribution in [2.75, 3.05) is 13.1 Å². The summed E-state index contributed by atoms with van der Waals surface area (Å²) in [7, 11) is 0. The van der Waals surface area contributed by atoms with Gasteiger partial charge in [0.2, 0.25) is 0 Å². The average Bonchev–Trinajstić information content (AvgIpc) is 2.70. The minimum atomic E-state index is -0.563. The zero-order valence-corrected chi connectivity index (χ0v) is 18.1. The van der Waals surface area contributed by atoms with Crippen LogP contribution in [0.1, 0.15) is 63.2 Å². The topological polar surface area (TPSA) is 67.3 Å². The van der Waals surface area contributed by atoms with Crippen LogP contribution in [-0.2, 0) is 9.59 Å². The van der Waals surface area contributed by atoms with Gasteiger partial charge >= 0.3 is 0 Å². The molecule has 2 fully saturated rings. The first-order valence-corrected chi connectivity index (χ1v) is 10.9. The lowest BCUT2D eigenvalue weighted by Gasteiger charge is -2.45. The van der Waals surface area contributed by atoms with Crippen molar-refractivity contribution < 1.29 is 14.4 Å². The number of rotatable bonds is 2. The molecule has 1 spiro atoms. The normalized spacial score (nSPS) is 25.0. The van der Waals surface area contributed by atoms with E-state index < -0.39 is 5.92 Å². The smallest absolute Gasteiger partial charge is 0.253 e. The van der Waals surface area contributed by atoms with Gasteiger partial charge < -0.3 is 4.90 Å². The van der Waals surface area contributed by atoms with Gasteiger partial charge in [-0.3, -0.25) is 19.4 Å². The fourth-order valence-corrected chi connectivity index (χ4v) is 5.75. The molecule has 5 nitrogen and oxygen atoms in total. The van der Waals surface area contributed by atoms with Crippen LogP contribution in [0, 0.1) is 17.3 Å². The standard InChI is InChI=1S/C25H30N2O3/c1-16-12-17(2)22(18(3)13-16)23-20(28)14-25(15-21(23)29)6-10-27(11-7-25)24(30)19-4-8-26-9-5-19/h4-5,8-9,12,18,23H,6-7,10-11,13-15H2,1-3H3. The van der Waals surface area contributed by atoms with E-state index in [2.05, 4.69) is 24.9 Å². The van der Waals surface area contributed by atoms with Crippen molar-refractivity contribution in [3.8, 4) is 0 Å². The number of likely N-dealkylation sites (tertiary alicyclic amines) is 1. The summed E-state index contributed by atoms with van der Waals surface area (Å²) in [5.41, 5.74) is 3.79. The van der Waals surface area contributed by atoms with E-state index in [1.54, 1.807) is 24.5 Å². The van der Waals surface area contributed by atoms with E-state index in [9.17, 15) is 14.4 Å². The summed E-state index contributed by atoms with van der Waals surface area (Å²) in [5, 5.41) is 0. The van der Waals surface area contributed by atoms with Crippen molar-refractivity contribution in [1.82, 2.24) is 9.88 Å². The molecule has 0 radical (unpaired) electrons. The number of allylic oxidation sites excluding steroid dienone is 4. The van der Waals surface area contributed by atoms with Crippen molar-refractivity contribution in [1.29, 1.82) is 0 Å². The van der Waals surface area contributed by atoms with Crippen molar-refractivity contribution in [2.45, 2.75) is 52.9 Å². The van der Waals surface area contributed by atoms with E-state index >= 15 is 0 Å². The molecule has 2 aliphatic carbocycles. The number of Topliss-reactive ketones (excluding diaryl/α,β-unsaturated/α-hetero) is 2. The molecule has 1 saturated carbocycles. The molecule has 5 heteroatoms. The highest BCUT2D eigenvalue weighted by Gasteiger charge is 2.48. The fraction of sp³-hybridized carbons (Fsp3) is 0.520. The second-order valence-corrected chi connectivity index (χ2v) is 9.48. The molecule has 4 rings (SSSR count). The number of ketones is 2. The molecule has 1 amide bonds. The van der Waals surface area contributed by atoms with Gasteiger partial charge in [0.1, 0.15) is 11.6 Å². The Labute approximate surface area is 178 Å². The van der Waals surface area contributed by atoms with E-state index in [4.69, 9.17) is 0 Å². The molecule has 3 aliphatic rings. The van der Waals surface area contributed by atoms with Crippen LogP contribution >= 0.6 is 0 Å². The second-order valence-electron chi connectivity index (χ2n) is 9.48. The molecule has 1 aliphatic heterocycles. The van der Waals surface area contributed by atoms with Gasteiger partial charge in [-0.25, -0.2) is 0 Å². The number of carbonyl (C=O) groups excluding carboxylic acids is 3. The highest BCUT2D eigenvalue weighted by atomic mass is 16.2. The van der Waals surface area contributed by atoms with Gasteiger partial charge in [0, 0.05) is 43.9 Å². The summed E-state index contributed by atoms with van der Waals surface area (Å²) in [4.78, 5) is 45.0. The predicted molar refractivity (Wildman–Crippen MR) is 115 cm³/mol. The average molecular weight is 407 g/mol. The Balaban J connectivity index is 1.47. The highest BCUT2D eigenvalue weighted by molar-refractivity contribution is 6.08. The Kier molecular flexibility index (Phi) is 5.48. The molecule has 1 aromatic heterocycles. The molecular weight excluding hydrogens is 376 g/mol. The summed E-state index contributed by atoms with van der Waals surface area (Å²) in [6, 6.07) is 3.45. The molecule has 0 N–H and O–H groups in total. The molecule has 1 atom stereocenters. The minimum Gasteiger partial charge on any atom is -0.339 e. The Hall–Kier alpha value is -2.56. The first-order valence-electron chi connectivity index (χ1n) is 10.9. The van der Waals surface area contributed by atoms with Crippen LogP contribution in [0.3, 0.4) is 0 Å². The van der Waals surface area contributed by atoms with Gasteiger partial charge in [-0.2, -0.15) is 0 Å². The third kappa shape index (κ3) is 3.78. The predicted octanol–water partition coefficient (Wildman–Crippen LogP) is 4.15. The van der Waals surface area contributed by atoms with Crippen LogP contribution < -0.4 is 0 Å². The maximum absolute atomic E-state index is 13.2. The number of carbonyl (C=O) groups is 3. The first-order chi connectivity index (χ1) is 14.3. The number of amides is 1. The largest absolute Gasteiger partial charge is 0.339 e. The van der Waals surface area contributed by atoms with E-state index in [-0.39, 0.29) is 28.8 Å². The molecule has 30 heavy (non-hydrogen) atoms. The van der Waals surface area contributed by atoms with Crippen LogP contribution in [0.2, 0.25) is 0 Å². The molecule has 1 unspecified atom stereocenters. The Bertz CT molecular complexity index is 916. The van der Waals surface area contributed by atoms with Gasteiger partial charge in [-0.05, 0) is 62.1 Å². The number of pyridine rings is 1. The van der Waals surface area contributed by atoms with Crippen LogP contribution in [0.5, 0.6) is 0 Å². The molecule has 1 aromatic rings. The van der Waals surface area contributed by atoms with Crippen LogP contribution in [0.15, 0.2) is 47.3 Å². The lowest BCUT2D eigenvalue weighted by atomic mass is 9.61. The van der Waals surface area contributed by atoms with Crippen molar-refractivity contribution >= 4 is 17.5 Å². The maximum atomic E-state index is 13.2. The fourth-order valence-electron chi connectivity index (χ4n) is 5.75. The number of hydrogen-bond donors (Lipinski definition) is 0. The van der Waals surface area contributed by atoms with Crippen LogP contribution in [0.4, 0.5) is 0 Å². The van der Waals surface area contributed by atoms with Gasteiger partial charge in [-0.15, -0.1) is 0 Å². The molecule has 0 bridgehead atoms. The molecule has 0 aromatic carbocycles. The zero-order valence-electron chi connectivity index (χ0n) is 18.1. The second kappa shape index (κ2) is 7.93. The third-order valence-electron chi connectivity index (χ3n) is 7.17. The van der Waals surface area contributed by atoms with Gasteiger partial charge in [-0.1, -0.05) is 24.1 Å². The molecule has 2 heterocycles. The summed E-state index contributed by atoms with van der Waals surface area (Å²) < 4.78 is 0. The van der Waals surface area contributed by atoms with E-state index in [0.29, 0.717) is 44.3 Å². The van der Waals surface area contributed by atoms with Gasteiger partial charge in [0.15, 0.2) is 0 Å². The first kappa shape index (κ1) is 20.7. The Morgan fingerprint density at radius 2 is 1.67 bits per heavy atom. The minimum absolute atomic E-state index is 0.00226. The monoisotopic (exact) mass is 406 g/mol. The SMILES string of the molecule is CC1=CC(C)=C(C2C(=O)CC3(CCN(C(=O)c4ccncc4)CC3)CC2=O)C(C)C1. The summed E-state index contributed by atoms with van der Waals surface area (Å²) in [6.45, 7) is 7.45. The van der Waals surface area contributed by atoms with Crippen molar-refractivity contribution in [2.24, 2.45) is 17.3 Å². The van der Waals surface area contributed by atoms with Crippen LogP contribution in [-0.4, -0.2) is 40.4 Å². The highest BCUT2D eigenvalue weighted by Crippen LogP contribution is 2.47. The van der Waals surface area contributed by atoms with Crippen LogP contribution in [0.25, 0.3) is 0 Å². The number of piperidine rings is 1. The van der Waals surface area contributed by atoms with Gasteiger partial charge in [0.25, 0.3) is 5.91 Å². The number of nitrogens with zero attached hydrogens (tertiary/aromatic N) is 2. The number of hydrogen-bond acceptors (Lipinski definition) is 4.